The molecule has 1 fully saturated rings. The maximum Gasteiger partial charge on any atom is 0.0359 e. The van der Waals surface area contributed by atoms with Gasteiger partial charge >= 0.3 is 0 Å². The fourth-order valence-electron chi connectivity index (χ4n) is 4.00. The van der Waals surface area contributed by atoms with Crippen molar-refractivity contribution in [2.75, 3.05) is 6.54 Å². The van der Waals surface area contributed by atoms with Crippen molar-refractivity contribution in [2.24, 2.45) is 16.7 Å². The lowest BCUT2D eigenvalue weighted by molar-refractivity contribution is 0.418. The molecule has 2 rings (SSSR count). The third-order valence-electron chi connectivity index (χ3n) is 6.37. The normalized spacial score (nSPS) is 22.8. The molecule has 1 nitrogen and oxygen atoms in total. The molecule has 21 heavy (non-hydrogen) atoms. The Bertz CT molecular complexity index is 455. The Morgan fingerprint density at radius 2 is 1.43 bits per heavy atom. The maximum atomic E-state index is 3.73. The van der Waals surface area contributed by atoms with Gasteiger partial charge in [-0.15, -0.1) is 0 Å². The van der Waals surface area contributed by atoms with Gasteiger partial charge < -0.3 is 5.32 Å². The Hall–Kier alpha value is -0.820. The van der Waals surface area contributed by atoms with Crippen LogP contribution in [0.25, 0.3) is 0 Å². The summed E-state index contributed by atoms with van der Waals surface area (Å²) < 4.78 is 0. The van der Waals surface area contributed by atoms with Crippen molar-refractivity contribution in [2.45, 2.75) is 66.8 Å². The zero-order chi connectivity index (χ0) is 15.8. The molecule has 2 unspecified atom stereocenters. The Labute approximate surface area is 131 Å². The van der Waals surface area contributed by atoms with Crippen molar-refractivity contribution < 1.29 is 0 Å². The second-order valence-electron chi connectivity index (χ2n) is 7.93. The van der Waals surface area contributed by atoms with Gasteiger partial charge in [-0.25, -0.2) is 0 Å². The van der Waals surface area contributed by atoms with E-state index in [1.165, 1.54) is 17.5 Å². The van der Waals surface area contributed by atoms with Crippen molar-refractivity contribution >= 4 is 0 Å². The Morgan fingerprint density at radius 1 is 0.952 bits per heavy atom. The first-order chi connectivity index (χ1) is 9.77. The molecule has 0 heterocycles. The smallest absolute Gasteiger partial charge is 0.0359 e. The minimum absolute atomic E-state index is 0.412. The monoisotopic (exact) mass is 287 g/mol. The van der Waals surface area contributed by atoms with Crippen molar-refractivity contribution in [1.82, 2.24) is 5.32 Å². The highest BCUT2D eigenvalue weighted by Crippen LogP contribution is 2.72. The van der Waals surface area contributed by atoms with E-state index in [-0.39, 0.29) is 0 Å². The van der Waals surface area contributed by atoms with E-state index in [9.17, 15) is 0 Å². The van der Waals surface area contributed by atoms with Crippen molar-refractivity contribution in [1.29, 1.82) is 0 Å². The zero-order valence-electron chi connectivity index (χ0n) is 15.0. The molecule has 118 valence electrons. The SMILES string of the molecule is CCNC(c1ccc(C(C)CC)cc1)C1C(C)(C)C1(C)C. The van der Waals surface area contributed by atoms with Gasteiger partial charge in [0.25, 0.3) is 0 Å². The summed E-state index contributed by atoms with van der Waals surface area (Å²) >= 11 is 0. The zero-order valence-corrected chi connectivity index (χ0v) is 15.0. The number of hydrogen-bond donors (Lipinski definition) is 1. The van der Waals surface area contributed by atoms with E-state index in [0.717, 1.165) is 6.54 Å². The molecule has 1 heteroatoms. The topological polar surface area (TPSA) is 12.0 Å². The molecule has 0 amide bonds. The van der Waals surface area contributed by atoms with Crippen molar-refractivity contribution in [3.8, 4) is 0 Å². The molecule has 0 aromatic heterocycles. The van der Waals surface area contributed by atoms with Crippen LogP contribution in [-0.4, -0.2) is 6.54 Å². The first-order valence-corrected chi connectivity index (χ1v) is 8.60. The third-order valence-corrected chi connectivity index (χ3v) is 6.37. The second kappa shape index (κ2) is 5.76. The predicted octanol–water partition coefficient (Wildman–Crippen LogP) is 5.53. The molecule has 1 saturated carbocycles. The van der Waals surface area contributed by atoms with Crippen LogP contribution in [0.2, 0.25) is 0 Å². The van der Waals surface area contributed by atoms with Crippen LogP contribution < -0.4 is 5.32 Å². The quantitative estimate of drug-likeness (QED) is 0.725. The summed E-state index contributed by atoms with van der Waals surface area (Å²) in [6, 6.07) is 9.83. The Kier molecular flexibility index (Phi) is 4.54. The summed E-state index contributed by atoms with van der Waals surface area (Å²) in [6.45, 7) is 17.5. The van der Waals surface area contributed by atoms with Crippen molar-refractivity contribution in [3.63, 3.8) is 0 Å². The number of nitrogens with one attached hydrogen (secondary N) is 1. The Morgan fingerprint density at radius 3 is 1.81 bits per heavy atom. The van der Waals surface area contributed by atoms with Crippen LogP contribution in [0.3, 0.4) is 0 Å². The van der Waals surface area contributed by atoms with Crippen LogP contribution >= 0.6 is 0 Å². The molecule has 1 N–H and O–H groups in total. The summed E-state index contributed by atoms with van der Waals surface area (Å²) in [5.74, 6) is 1.37. The van der Waals surface area contributed by atoms with E-state index in [1.807, 2.05) is 0 Å². The minimum Gasteiger partial charge on any atom is -0.310 e. The van der Waals surface area contributed by atoms with Crippen molar-refractivity contribution in [3.05, 3.63) is 35.4 Å². The average Bonchev–Trinajstić information content (AvgIpc) is 2.86. The lowest BCUT2D eigenvalue weighted by Crippen LogP contribution is -2.25. The summed E-state index contributed by atoms with van der Waals surface area (Å²) in [4.78, 5) is 0. The van der Waals surface area contributed by atoms with Gasteiger partial charge in [0.15, 0.2) is 0 Å². The number of benzene rings is 1. The summed E-state index contributed by atoms with van der Waals surface area (Å²) in [5.41, 5.74) is 3.74. The number of hydrogen-bond acceptors (Lipinski definition) is 1. The predicted molar refractivity (Wildman–Crippen MR) is 92.6 cm³/mol. The standard InChI is InChI=1S/C20H33N/c1-8-14(3)15-10-12-16(13-11-15)17(21-9-2)18-19(4,5)20(18,6)7/h10-14,17-18,21H,8-9H2,1-7H3. The highest BCUT2D eigenvalue weighted by atomic mass is 15.0. The van der Waals surface area contributed by atoms with E-state index >= 15 is 0 Å². The van der Waals surface area contributed by atoms with Gasteiger partial charge in [0.2, 0.25) is 0 Å². The van der Waals surface area contributed by atoms with Crippen LogP contribution in [0.4, 0.5) is 0 Å². The van der Waals surface area contributed by atoms with Crippen LogP contribution in [0.5, 0.6) is 0 Å². The number of rotatable bonds is 6. The summed E-state index contributed by atoms with van der Waals surface area (Å²) in [6.07, 6.45) is 1.21. The van der Waals surface area contributed by atoms with E-state index in [1.54, 1.807) is 0 Å². The van der Waals surface area contributed by atoms with Gasteiger partial charge in [-0.1, -0.05) is 72.7 Å². The van der Waals surface area contributed by atoms with E-state index in [2.05, 4.69) is 78.0 Å². The van der Waals surface area contributed by atoms with Gasteiger partial charge in [-0.05, 0) is 46.8 Å². The molecule has 1 aromatic carbocycles. The molecule has 0 aliphatic heterocycles. The first kappa shape index (κ1) is 16.5. The molecule has 1 aliphatic carbocycles. The van der Waals surface area contributed by atoms with Crippen LogP contribution in [0.15, 0.2) is 24.3 Å². The highest BCUT2D eigenvalue weighted by Gasteiger charge is 2.67. The van der Waals surface area contributed by atoms with Gasteiger partial charge in [-0.2, -0.15) is 0 Å². The fourth-order valence-corrected chi connectivity index (χ4v) is 4.00. The van der Waals surface area contributed by atoms with E-state index in [4.69, 9.17) is 0 Å². The minimum atomic E-state index is 0.412. The summed E-state index contributed by atoms with van der Waals surface area (Å²) in [7, 11) is 0. The fraction of sp³-hybridized carbons (Fsp3) is 0.700. The molecule has 0 spiro atoms. The molecular weight excluding hydrogens is 254 g/mol. The lowest BCUT2D eigenvalue weighted by atomic mass is 9.92. The molecule has 1 aliphatic rings. The molecule has 0 radical (unpaired) electrons. The first-order valence-electron chi connectivity index (χ1n) is 8.60. The molecular formula is C20H33N. The molecule has 1 aromatic rings. The second-order valence-corrected chi connectivity index (χ2v) is 7.93. The van der Waals surface area contributed by atoms with E-state index < -0.39 is 0 Å². The van der Waals surface area contributed by atoms with Gasteiger partial charge in [-0.3, -0.25) is 0 Å². The highest BCUT2D eigenvalue weighted by molar-refractivity contribution is 5.31. The van der Waals surface area contributed by atoms with E-state index in [0.29, 0.717) is 28.7 Å². The van der Waals surface area contributed by atoms with Gasteiger partial charge in [0.05, 0.1) is 0 Å². The molecule has 2 atom stereocenters. The average molecular weight is 287 g/mol. The largest absolute Gasteiger partial charge is 0.310 e. The molecule has 0 bridgehead atoms. The maximum absolute atomic E-state index is 3.73. The van der Waals surface area contributed by atoms with Gasteiger partial charge in [0, 0.05) is 6.04 Å². The van der Waals surface area contributed by atoms with Crippen LogP contribution in [0, 0.1) is 16.7 Å². The third kappa shape index (κ3) is 2.77. The molecule has 0 saturated heterocycles. The summed E-state index contributed by atoms with van der Waals surface area (Å²) in [5, 5.41) is 3.73. The van der Waals surface area contributed by atoms with Crippen LogP contribution in [-0.2, 0) is 0 Å². The van der Waals surface area contributed by atoms with Gasteiger partial charge in [0.1, 0.15) is 0 Å². The van der Waals surface area contributed by atoms with Crippen LogP contribution in [0.1, 0.15) is 78.0 Å². The lowest BCUT2D eigenvalue weighted by Gasteiger charge is -2.22. The Balaban J connectivity index is 2.24.